The lowest BCUT2D eigenvalue weighted by atomic mass is 10.0. The molecule has 0 bridgehead atoms. The van der Waals surface area contributed by atoms with E-state index >= 15 is 0 Å². The first-order valence-electron chi connectivity index (χ1n) is 8.65. The van der Waals surface area contributed by atoms with Crippen molar-refractivity contribution in [3.63, 3.8) is 0 Å². The molecule has 2 aliphatic heterocycles. The highest BCUT2D eigenvalue weighted by molar-refractivity contribution is 5.90. The molecule has 1 unspecified atom stereocenters. The van der Waals surface area contributed by atoms with Gasteiger partial charge in [-0.2, -0.15) is 0 Å². The Morgan fingerprint density at radius 1 is 1.25 bits per heavy atom. The average Bonchev–Trinajstić information content (AvgIpc) is 3.09. The second-order valence-electron chi connectivity index (χ2n) is 6.69. The molecule has 1 aromatic rings. The molecule has 6 nitrogen and oxygen atoms in total. The minimum absolute atomic E-state index is 0.00314. The van der Waals surface area contributed by atoms with Gasteiger partial charge < -0.3 is 24.6 Å². The van der Waals surface area contributed by atoms with Crippen molar-refractivity contribution in [3.05, 3.63) is 23.8 Å². The highest BCUT2D eigenvalue weighted by Gasteiger charge is 2.36. The first-order valence-corrected chi connectivity index (χ1v) is 8.65. The van der Waals surface area contributed by atoms with Crippen LogP contribution in [-0.4, -0.2) is 57.1 Å². The van der Waals surface area contributed by atoms with Crippen LogP contribution in [0.15, 0.2) is 18.2 Å². The summed E-state index contributed by atoms with van der Waals surface area (Å²) < 4.78 is 11.3. The smallest absolute Gasteiger partial charge is 0.322 e. The van der Waals surface area contributed by atoms with Crippen molar-refractivity contribution >= 4 is 17.4 Å². The molecule has 1 atom stereocenters. The molecule has 1 N–H and O–H groups in total. The van der Waals surface area contributed by atoms with E-state index < -0.39 is 0 Å². The Bertz CT molecular complexity index is 585. The summed E-state index contributed by atoms with van der Waals surface area (Å²) >= 11 is 0. The highest BCUT2D eigenvalue weighted by Crippen LogP contribution is 2.26. The number of benzene rings is 1. The van der Waals surface area contributed by atoms with Crippen LogP contribution < -0.4 is 10.2 Å². The Morgan fingerprint density at radius 3 is 2.67 bits per heavy atom. The fraction of sp³-hybridized carbons (Fsp3) is 0.611. The summed E-state index contributed by atoms with van der Waals surface area (Å²) in [6.07, 6.45) is 2.77. The summed E-state index contributed by atoms with van der Waals surface area (Å²) in [6.45, 7) is 4.02. The first kappa shape index (κ1) is 17.0. The van der Waals surface area contributed by atoms with Crippen LogP contribution in [0.3, 0.4) is 0 Å². The Kier molecular flexibility index (Phi) is 5.26. The van der Waals surface area contributed by atoms with Crippen LogP contribution in [0.5, 0.6) is 0 Å². The SMILES string of the molecule is Cc1cc(NC(=O)N2CCCCC2C2OCCO2)ccc1N(C)C. The van der Waals surface area contributed by atoms with Crippen LogP contribution in [0.25, 0.3) is 0 Å². The number of hydrogen-bond donors (Lipinski definition) is 1. The monoisotopic (exact) mass is 333 g/mol. The Labute approximate surface area is 143 Å². The normalized spacial score (nSPS) is 21.8. The van der Waals surface area contributed by atoms with Gasteiger partial charge in [-0.3, -0.25) is 0 Å². The van der Waals surface area contributed by atoms with Gasteiger partial charge in [0.25, 0.3) is 0 Å². The molecular formula is C18H27N3O3. The predicted octanol–water partition coefficient (Wildman–Crippen LogP) is 2.82. The van der Waals surface area contributed by atoms with E-state index in [0.29, 0.717) is 13.2 Å². The lowest BCUT2D eigenvalue weighted by Gasteiger charge is -2.37. The Balaban J connectivity index is 1.69. The maximum absolute atomic E-state index is 12.8. The quantitative estimate of drug-likeness (QED) is 0.924. The summed E-state index contributed by atoms with van der Waals surface area (Å²) in [6, 6.07) is 5.91. The highest BCUT2D eigenvalue weighted by atomic mass is 16.7. The molecule has 2 heterocycles. The summed E-state index contributed by atoms with van der Waals surface area (Å²) in [4.78, 5) is 16.7. The number of hydrogen-bond acceptors (Lipinski definition) is 4. The van der Waals surface area contributed by atoms with Crippen molar-refractivity contribution in [2.24, 2.45) is 0 Å². The molecule has 2 amide bonds. The van der Waals surface area contributed by atoms with Gasteiger partial charge in [0.15, 0.2) is 6.29 Å². The van der Waals surface area contributed by atoms with Crippen molar-refractivity contribution in [2.45, 2.75) is 38.5 Å². The molecule has 1 aromatic carbocycles. The van der Waals surface area contributed by atoms with Gasteiger partial charge in [0.2, 0.25) is 0 Å². The minimum atomic E-state index is -0.283. The third kappa shape index (κ3) is 3.65. The second-order valence-corrected chi connectivity index (χ2v) is 6.69. The number of aryl methyl sites for hydroxylation is 1. The molecule has 3 rings (SSSR count). The molecular weight excluding hydrogens is 306 g/mol. The molecule has 2 fully saturated rings. The number of amides is 2. The van der Waals surface area contributed by atoms with Gasteiger partial charge in [-0.25, -0.2) is 4.79 Å². The zero-order valence-electron chi connectivity index (χ0n) is 14.7. The number of rotatable bonds is 3. The number of anilines is 2. The largest absolute Gasteiger partial charge is 0.377 e. The Morgan fingerprint density at radius 2 is 2.00 bits per heavy atom. The van der Waals surface area contributed by atoms with Crippen molar-refractivity contribution < 1.29 is 14.3 Å². The van der Waals surface area contributed by atoms with Gasteiger partial charge in [-0.15, -0.1) is 0 Å². The van der Waals surface area contributed by atoms with E-state index in [9.17, 15) is 4.79 Å². The minimum Gasteiger partial charge on any atom is -0.377 e. The van der Waals surface area contributed by atoms with Crippen molar-refractivity contribution in [1.29, 1.82) is 0 Å². The number of carbonyl (C=O) groups excluding carboxylic acids is 1. The van der Waals surface area contributed by atoms with Gasteiger partial charge in [0.1, 0.15) is 0 Å². The van der Waals surface area contributed by atoms with E-state index in [-0.39, 0.29) is 18.4 Å². The van der Waals surface area contributed by atoms with Crippen LogP contribution >= 0.6 is 0 Å². The maximum Gasteiger partial charge on any atom is 0.322 e. The van der Waals surface area contributed by atoms with Crippen LogP contribution in [0, 0.1) is 6.92 Å². The standard InChI is InChI=1S/C18H27N3O3/c1-13-12-14(7-8-15(13)20(2)3)19-18(22)21-9-5-4-6-16(21)17-23-10-11-24-17/h7-8,12,16-17H,4-6,9-11H2,1-3H3,(H,19,22). The third-order valence-corrected chi connectivity index (χ3v) is 4.70. The second kappa shape index (κ2) is 7.40. The molecule has 0 radical (unpaired) electrons. The molecule has 2 saturated heterocycles. The van der Waals surface area contributed by atoms with E-state index in [1.165, 1.54) is 0 Å². The number of piperidine rings is 1. The fourth-order valence-corrected chi connectivity index (χ4v) is 3.52. The van der Waals surface area contributed by atoms with Crippen LogP contribution in [-0.2, 0) is 9.47 Å². The summed E-state index contributed by atoms with van der Waals surface area (Å²) in [7, 11) is 4.03. The molecule has 6 heteroatoms. The molecule has 2 aliphatic rings. The van der Waals surface area contributed by atoms with Gasteiger partial charge in [0.05, 0.1) is 19.3 Å². The van der Waals surface area contributed by atoms with E-state index in [1.54, 1.807) is 0 Å². The maximum atomic E-state index is 12.8. The number of likely N-dealkylation sites (tertiary alicyclic amines) is 1. The van der Waals surface area contributed by atoms with Gasteiger partial charge in [0, 0.05) is 32.0 Å². The van der Waals surface area contributed by atoms with Crippen LogP contribution in [0.1, 0.15) is 24.8 Å². The van der Waals surface area contributed by atoms with E-state index in [2.05, 4.69) is 17.1 Å². The van der Waals surface area contributed by atoms with Crippen molar-refractivity contribution in [2.75, 3.05) is 44.1 Å². The summed E-state index contributed by atoms with van der Waals surface area (Å²) in [5.41, 5.74) is 3.10. The fourth-order valence-electron chi connectivity index (χ4n) is 3.52. The first-order chi connectivity index (χ1) is 11.6. The zero-order chi connectivity index (χ0) is 17.1. The molecule has 0 saturated carbocycles. The summed E-state index contributed by atoms with van der Waals surface area (Å²) in [5.74, 6) is 0. The molecule has 0 aromatic heterocycles. The number of nitrogens with one attached hydrogen (secondary N) is 1. The topological polar surface area (TPSA) is 54.0 Å². The lowest BCUT2D eigenvalue weighted by molar-refractivity contribution is -0.0973. The van der Waals surface area contributed by atoms with E-state index in [4.69, 9.17) is 9.47 Å². The van der Waals surface area contributed by atoms with E-state index in [0.717, 1.165) is 42.7 Å². The van der Waals surface area contributed by atoms with Crippen LogP contribution in [0.4, 0.5) is 16.2 Å². The Hall–Kier alpha value is -1.79. The number of ether oxygens (including phenoxy) is 2. The van der Waals surface area contributed by atoms with E-state index in [1.807, 2.05) is 37.2 Å². The van der Waals surface area contributed by atoms with Crippen LogP contribution in [0.2, 0.25) is 0 Å². The zero-order valence-corrected chi connectivity index (χ0v) is 14.7. The predicted molar refractivity (Wildman–Crippen MR) is 94.6 cm³/mol. The summed E-state index contributed by atoms with van der Waals surface area (Å²) in [5, 5.41) is 3.03. The van der Waals surface area contributed by atoms with Crippen molar-refractivity contribution in [3.8, 4) is 0 Å². The molecule has 132 valence electrons. The third-order valence-electron chi connectivity index (χ3n) is 4.70. The average molecular weight is 333 g/mol. The van der Waals surface area contributed by atoms with Gasteiger partial charge in [-0.1, -0.05) is 0 Å². The number of nitrogens with zero attached hydrogens (tertiary/aromatic N) is 2. The molecule has 0 aliphatic carbocycles. The van der Waals surface area contributed by atoms with Gasteiger partial charge in [-0.05, 0) is 49.9 Å². The molecule has 0 spiro atoms. The lowest BCUT2D eigenvalue weighted by Crippen LogP contribution is -2.51. The van der Waals surface area contributed by atoms with Crippen molar-refractivity contribution in [1.82, 2.24) is 4.90 Å². The van der Waals surface area contributed by atoms with Gasteiger partial charge >= 0.3 is 6.03 Å². The number of carbonyl (C=O) groups is 1. The molecule has 24 heavy (non-hydrogen) atoms. The number of urea groups is 1.